The van der Waals surface area contributed by atoms with Crippen LogP contribution < -0.4 is 0 Å². The number of hydrogen-bond donors (Lipinski definition) is 3. The number of imidazole rings is 1. The largest absolute Gasteiger partial charge is 0.328 e. The van der Waals surface area contributed by atoms with Crippen LogP contribution in [0.15, 0.2) is 28.3 Å². The number of aromatic nitrogens is 2. The van der Waals surface area contributed by atoms with Crippen molar-refractivity contribution in [3.05, 3.63) is 18.2 Å². The summed E-state index contributed by atoms with van der Waals surface area (Å²) in [5, 5.41) is -0.788. The highest BCUT2D eigenvalue weighted by atomic mass is 32.2. The zero-order valence-corrected chi connectivity index (χ0v) is 9.66. The van der Waals surface area contributed by atoms with E-state index in [1.165, 1.54) is 12.1 Å². The van der Waals surface area contributed by atoms with E-state index in [1.807, 2.05) is 0 Å². The molecule has 92 valence electrons. The summed E-state index contributed by atoms with van der Waals surface area (Å²) in [5.41, 5.74) is -0.199. The van der Waals surface area contributed by atoms with Crippen molar-refractivity contribution in [2.75, 3.05) is 0 Å². The van der Waals surface area contributed by atoms with Crippen LogP contribution in [-0.2, 0) is 20.2 Å². The van der Waals surface area contributed by atoms with Gasteiger partial charge < -0.3 is 4.98 Å². The first-order valence-electron chi connectivity index (χ1n) is 4.13. The Bertz CT molecular complexity index is 789. The molecule has 0 spiro atoms. The lowest BCUT2D eigenvalue weighted by atomic mass is 10.3. The van der Waals surface area contributed by atoms with Gasteiger partial charge in [0, 0.05) is 0 Å². The standard InChI is InChI=1S/C7H6N2O6S2/c10-16(11,12)5-3-1-2-4-6(5)9-7(8-4)17(13,14)15/h1-3H,(H,8,9)(H,10,11,12)(H,13,14,15). The third kappa shape index (κ3) is 2.15. The number of hydrogen-bond acceptors (Lipinski definition) is 5. The van der Waals surface area contributed by atoms with Crippen LogP contribution in [0.1, 0.15) is 0 Å². The number of nitrogens with one attached hydrogen (secondary N) is 1. The van der Waals surface area contributed by atoms with Crippen LogP contribution >= 0.6 is 0 Å². The van der Waals surface area contributed by atoms with Crippen LogP contribution in [0.25, 0.3) is 11.0 Å². The molecule has 2 rings (SSSR count). The molecule has 0 bridgehead atoms. The number of nitrogens with zero attached hydrogens (tertiary/aromatic N) is 1. The number of benzene rings is 1. The number of H-pyrrole nitrogens is 1. The van der Waals surface area contributed by atoms with E-state index in [0.717, 1.165) is 6.07 Å². The maximum atomic E-state index is 11.0. The Balaban J connectivity index is 2.88. The van der Waals surface area contributed by atoms with Crippen LogP contribution in [0, 0.1) is 0 Å². The van der Waals surface area contributed by atoms with E-state index in [9.17, 15) is 16.8 Å². The fourth-order valence-corrected chi connectivity index (χ4v) is 2.43. The zero-order valence-electron chi connectivity index (χ0n) is 8.02. The zero-order chi connectivity index (χ0) is 12.8. The SMILES string of the molecule is O=S(=O)(O)c1nc2cccc(S(=O)(=O)O)c2[nH]1. The maximum Gasteiger partial charge on any atom is 0.328 e. The molecule has 0 aliphatic heterocycles. The molecule has 0 fully saturated rings. The van der Waals surface area contributed by atoms with Gasteiger partial charge in [0.2, 0.25) is 0 Å². The summed E-state index contributed by atoms with van der Waals surface area (Å²) in [6.07, 6.45) is 0. The van der Waals surface area contributed by atoms with Gasteiger partial charge in [0.25, 0.3) is 15.3 Å². The molecule has 0 amide bonds. The molecule has 0 aliphatic carbocycles. The molecule has 0 unspecified atom stereocenters. The fourth-order valence-electron chi connectivity index (χ4n) is 1.32. The van der Waals surface area contributed by atoms with E-state index in [0.29, 0.717) is 0 Å². The first kappa shape index (κ1) is 12.0. The lowest BCUT2D eigenvalue weighted by molar-refractivity contribution is 0.474. The number of para-hydroxylation sites is 1. The molecular formula is C7H6N2O6S2. The van der Waals surface area contributed by atoms with Gasteiger partial charge in [-0.3, -0.25) is 9.11 Å². The Labute approximate surface area is 95.8 Å². The highest BCUT2D eigenvalue weighted by molar-refractivity contribution is 7.86. The van der Waals surface area contributed by atoms with Gasteiger partial charge in [-0.2, -0.15) is 16.8 Å². The highest BCUT2D eigenvalue weighted by Crippen LogP contribution is 2.22. The third-order valence-electron chi connectivity index (χ3n) is 1.98. The fraction of sp³-hybridized carbons (Fsp3) is 0. The molecule has 0 aliphatic rings. The summed E-state index contributed by atoms with van der Waals surface area (Å²) in [4.78, 5) is 5.10. The molecule has 8 nitrogen and oxygen atoms in total. The monoisotopic (exact) mass is 278 g/mol. The predicted octanol–water partition coefficient (Wildman–Crippen LogP) is 0.0563. The molecule has 0 saturated heterocycles. The van der Waals surface area contributed by atoms with Crippen molar-refractivity contribution in [3.8, 4) is 0 Å². The van der Waals surface area contributed by atoms with Crippen molar-refractivity contribution < 1.29 is 25.9 Å². The van der Waals surface area contributed by atoms with Gasteiger partial charge in [-0.05, 0) is 12.1 Å². The minimum atomic E-state index is -4.57. The van der Waals surface area contributed by atoms with E-state index in [1.54, 1.807) is 0 Å². The Morgan fingerprint density at radius 2 is 1.71 bits per heavy atom. The first-order valence-corrected chi connectivity index (χ1v) is 7.01. The third-order valence-corrected chi connectivity index (χ3v) is 3.56. The number of rotatable bonds is 2. The van der Waals surface area contributed by atoms with E-state index < -0.39 is 30.3 Å². The van der Waals surface area contributed by atoms with E-state index in [-0.39, 0.29) is 11.0 Å². The van der Waals surface area contributed by atoms with Crippen molar-refractivity contribution in [1.29, 1.82) is 0 Å². The Morgan fingerprint density at radius 3 is 2.24 bits per heavy atom. The summed E-state index contributed by atoms with van der Waals surface area (Å²) in [6, 6.07) is 3.68. The number of fused-ring (bicyclic) bond motifs is 1. The summed E-state index contributed by atoms with van der Waals surface area (Å²) in [7, 11) is -9.08. The molecule has 2 aromatic rings. The molecule has 0 radical (unpaired) electrons. The molecule has 0 saturated carbocycles. The molecule has 1 heterocycles. The minimum Gasteiger partial charge on any atom is -0.326 e. The molecule has 10 heteroatoms. The molecule has 1 aromatic carbocycles. The smallest absolute Gasteiger partial charge is 0.326 e. The van der Waals surface area contributed by atoms with Gasteiger partial charge in [-0.15, -0.1) is 0 Å². The second-order valence-electron chi connectivity index (χ2n) is 3.14. The van der Waals surface area contributed by atoms with Gasteiger partial charge in [0.1, 0.15) is 4.90 Å². The molecule has 17 heavy (non-hydrogen) atoms. The minimum absolute atomic E-state index is 0.00671. The topological polar surface area (TPSA) is 137 Å². The van der Waals surface area contributed by atoms with Gasteiger partial charge in [0.05, 0.1) is 11.0 Å². The van der Waals surface area contributed by atoms with Gasteiger partial charge in [-0.1, -0.05) is 6.07 Å². The molecule has 1 aromatic heterocycles. The summed E-state index contributed by atoms with van der Waals surface area (Å²) >= 11 is 0. The van der Waals surface area contributed by atoms with Crippen LogP contribution in [0.2, 0.25) is 0 Å². The van der Waals surface area contributed by atoms with Gasteiger partial charge in [-0.25, -0.2) is 4.98 Å². The van der Waals surface area contributed by atoms with Crippen molar-refractivity contribution in [3.63, 3.8) is 0 Å². The normalized spacial score (nSPS) is 13.1. The number of aromatic amines is 1. The lowest BCUT2D eigenvalue weighted by Crippen LogP contribution is -2.01. The highest BCUT2D eigenvalue weighted by Gasteiger charge is 2.20. The van der Waals surface area contributed by atoms with Gasteiger partial charge in [0.15, 0.2) is 0 Å². The average Bonchev–Trinajstić information content (AvgIpc) is 2.57. The van der Waals surface area contributed by atoms with Crippen molar-refractivity contribution in [2.24, 2.45) is 0 Å². The molecule has 0 atom stereocenters. The Morgan fingerprint density at radius 1 is 1.06 bits per heavy atom. The maximum absolute atomic E-state index is 11.0. The Kier molecular flexibility index (Phi) is 2.47. The second-order valence-corrected chi connectivity index (χ2v) is 5.87. The quantitative estimate of drug-likeness (QED) is 0.660. The van der Waals surface area contributed by atoms with E-state index in [2.05, 4.69) is 9.97 Å². The average molecular weight is 278 g/mol. The molecule has 3 N–H and O–H groups in total. The summed E-state index contributed by atoms with van der Waals surface area (Å²) < 4.78 is 61.3. The second kappa shape index (κ2) is 3.50. The van der Waals surface area contributed by atoms with Crippen molar-refractivity contribution in [2.45, 2.75) is 10.1 Å². The van der Waals surface area contributed by atoms with Gasteiger partial charge >= 0.3 is 10.1 Å². The van der Waals surface area contributed by atoms with E-state index >= 15 is 0 Å². The molecular weight excluding hydrogens is 272 g/mol. The van der Waals surface area contributed by atoms with E-state index in [4.69, 9.17) is 9.11 Å². The van der Waals surface area contributed by atoms with Crippen LogP contribution in [0.4, 0.5) is 0 Å². The van der Waals surface area contributed by atoms with Crippen LogP contribution in [0.3, 0.4) is 0 Å². The van der Waals surface area contributed by atoms with Crippen molar-refractivity contribution >= 4 is 31.3 Å². The summed E-state index contributed by atoms with van der Waals surface area (Å²) in [6.45, 7) is 0. The first-order chi connectivity index (χ1) is 7.69. The predicted molar refractivity (Wildman–Crippen MR) is 55.7 cm³/mol. The van der Waals surface area contributed by atoms with Crippen molar-refractivity contribution in [1.82, 2.24) is 9.97 Å². The lowest BCUT2D eigenvalue weighted by Gasteiger charge is -1.96. The van der Waals surface area contributed by atoms with Crippen LogP contribution in [-0.4, -0.2) is 35.9 Å². The summed E-state index contributed by atoms with van der Waals surface area (Å²) in [5.74, 6) is 0. The Hall–Kier alpha value is -1.49. The van der Waals surface area contributed by atoms with Crippen LogP contribution in [0.5, 0.6) is 0 Å².